The van der Waals surface area contributed by atoms with Gasteiger partial charge in [-0.2, -0.15) is 0 Å². The van der Waals surface area contributed by atoms with Crippen molar-refractivity contribution in [1.82, 2.24) is 0 Å². The van der Waals surface area contributed by atoms with Gasteiger partial charge in [-0.1, -0.05) is 38.2 Å². The molecule has 2 rings (SSSR count). The van der Waals surface area contributed by atoms with Gasteiger partial charge in [-0.25, -0.2) is 0 Å². The fraction of sp³-hybridized carbons (Fsp3) is 0.300. The van der Waals surface area contributed by atoms with Gasteiger partial charge in [-0.3, -0.25) is 9.59 Å². The Balaban J connectivity index is 2.19. The first-order valence-electron chi connectivity index (χ1n) is 7.78. The first kappa shape index (κ1) is 16.9. The maximum absolute atomic E-state index is 11.5. The van der Waals surface area contributed by atoms with E-state index in [1.807, 2.05) is 50.3 Å². The zero-order chi connectivity index (χ0) is 17.0. The molecule has 0 bridgehead atoms. The van der Waals surface area contributed by atoms with Gasteiger partial charge in [0, 0.05) is 17.1 Å². The maximum atomic E-state index is 11.5. The van der Waals surface area contributed by atoms with E-state index >= 15 is 0 Å². The predicted octanol–water partition coefficient (Wildman–Crippen LogP) is 4.21. The number of hydrogen-bond acceptors (Lipinski definition) is 3. The summed E-state index contributed by atoms with van der Waals surface area (Å²) in [4.78, 5) is 23.1. The number of ketones is 2. The number of ether oxygens (including phenoxy) is 1. The Morgan fingerprint density at radius 2 is 1.57 bits per heavy atom. The van der Waals surface area contributed by atoms with Crippen LogP contribution in [-0.2, 0) is 14.3 Å². The summed E-state index contributed by atoms with van der Waals surface area (Å²) in [7, 11) is 0. The second-order valence-corrected chi connectivity index (χ2v) is 5.94. The third-order valence-corrected chi connectivity index (χ3v) is 3.76. The first-order chi connectivity index (χ1) is 10.9. The van der Waals surface area contributed by atoms with Crippen LogP contribution in [0, 0.1) is 11.8 Å². The van der Waals surface area contributed by atoms with E-state index in [2.05, 4.69) is 0 Å². The minimum Gasteiger partial charge on any atom is -0.461 e. The number of carbonyl (C=O) groups is 2. The summed E-state index contributed by atoms with van der Waals surface area (Å²) in [5.41, 5.74) is 1.38. The highest BCUT2D eigenvalue weighted by atomic mass is 16.5. The van der Waals surface area contributed by atoms with Crippen molar-refractivity contribution in [3.63, 3.8) is 0 Å². The van der Waals surface area contributed by atoms with Crippen molar-refractivity contribution in [3.05, 3.63) is 71.3 Å². The lowest BCUT2D eigenvalue weighted by Gasteiger charge is -2.15. The van der Waals surface area contributed by atoms with Crippen LogP contribution in [-0.4, -0.2) is 11.6 Å². The molecule has 120 valence electrons. The Labute approximate surface area is 137 Å². The smallest absolute Gasteiger partial charge is 0.159 e. The van der Waals surface area contributed by atoms with Gasteiger partial charge in [-0.15, -0.1) is 0 Å². The van der Waals surface area contributed by atoms with Crippen molar-refractivity contribution in [2.45, 2.75) is 27.7 Å². The summed E-state index contributed by atoms with van der Waals surface area (Å²) < 4.78 is 6.01. The lowest BCUT2D eigenvalue weighted by molar-refractivity contribution is -0.114. The molecule has 0 heterocycles. The van der Waals surface area contributed by atoms with E-state index in [0.29, 0.717) is 16.9 Å². The molecule has 0 aromatic heterocycles. The summed E-state index contributed by atoms with van der Waals surface area (Å²) in [5.74, 6) is 1.67. The minimum atomic E-state index is -0.00278. The standard InChI is InChI=1S/C20H22O3/c1-13-10-18(16(4)22)8-9-19(11-13)23-20-7-5-6-17(15(3)21)12-14(20)2/h5-14H,1-4H3. The van der Waals surface area contributed by atoms with Crippen LogP contribution in [0.3, 0.4) is 0 Å². The van der Waals surface area contributed by atoms with E-state index in [0.717, 1.165) is 5.76 Å². The minimum absolute atomic E-state index is 0.00278. The molecule has 23 heavy (non-hydrogen) atoms. The second kappa shape index (κ2) is 7.23. The van der Waals surface area contributed by atoms with E-state index in [4.69, 9.17) is 4.74 Å². The Hall–Kier alpha value is -2.42. The summed E-state index contributed by atoms with van der Waals surface area (Å²) in [6.07, 6.45) is 14.9. The number of rotatable bonds is 4. The molecule has 0 amide bonds. The van der Waals surface area contributed by atoms with E-state index in [1.54, 1.807) is 26.0 Å². The molecule has 2 aliphatic carbocycles. The van der Waals surface area contributed by atoms with Gasteiger partial charge in [-0.05, 0) is 44.1 Å². The van der Waals surface area contributed by atoms with Crippen LogP contribution in [0.15, 0.2) is 71.3 Å². The number of carbonyl (C=O) groups excluding carboxylic acids is 2. The molecule has 0 saturated carbocycles. The summed E-state index contributed by atoms with van der Waals surface area (Å²) in [5, 5.41) is 0. The summed E-state index contributed by atoms with van der Waals surface area (Å²) in [6.45, 7) is 7.12. The summed E-state index contributed by atoms with van der Waals surface area (Å²) in [6, 6.07) is 0. The molecule has 0 spiro atoms. The van der Waals surface area contributed by atoms with E-state index in [-0.39, 0.29) is 23.4 Å². The molecule has 0 fully saturated rings. The molecule has 0 aromatic carbocycles. The van der Waals surface area contributed by atoms with Crippen molar-refractivity contribution in [1.29, 1.82) is 0 Å². The zero-order valence-electron chi connectivity index (χ0n) is 14.0. The average molecular weight is 310 g/mol. The van der Waals surface area contributed by atoms with E-state index in [9.17, 15) is 9.59 Å². The quantitative estimate of drug-likeness (QED) is 0.781. The van der Waals surface area contributed by atoms with Gasteiger partial charge in [0.1, 0.15) is 11.5 Å². The van der Waals surface area contributed by atoms with Crippen LogP contribution in [0.25, 0.3) is 0 Å². The highest BCUT2D eigenvalue weighted by Gasteiger charge is 2.15. The zero-order valence-corrected chi connectivity index (χ0v) is 14.0. The van der Waals surface area contributed by atoms with Crippen LogP contribution >= 0.6 is 0 Å². The Morgan fingerprint density at radius 3 is 2.22 bits per heavy atom. The van der Waals surface area contributed by atoms with Crippen molar-refractivity contribution >= 4 is 11.6 Å². The van der Waals surface area contributed by atoms with Crippen LogP contribution in [0.4, 0.5) is 0 Å². The van der Waals surface area contributed by atoms with Gasteiger partial charge in [0.2, 0.25) is 0 Å². The topological polar surface area (TPSA) is 43.4 Å². The van der Waals surface area contributed by atoms with Crippen LogP contribution in [0.5, 0.6) is 0 Å². The monoisotopic (exact) mass is 310 g/mol. The second-order valence-electron chi connectivity index (χ2n) is 5.94. The normalized spacial score (nSPS) is 23.8. The molecule has 0 aliphatic heterocycles. The van der Waals surface area contributed by atoms with E-state index < -0.39 is 0 Å². The molecule has 3 nitrogen and oxygen atoms in total. The molecule has 2 unspecified atom stereocenters. The van der Waals surface area contributed by atoms with Crippen molar-refractivity contribution in [3.8, 4) is 0 Å². The first-order valence-corrected chi connectivity index (χ1v) is 7.78. The van der Waals surface area contributed by atoms with Gasteiger partial charge < -0.3 is 4.74 Å². The van der Waals surface area contributed by atoms with Gasteiger partial charge in [0.05, 0.1) is 0 Å². The Kier molecular flexibility index (Phi) is 5.32. The molecular formula is C20H22O3. The maximum Gasteiger partial charge on any atom is 0.159 e. The predicted molar refractivity (Wildman–Crippen MR) is 91.4 cm³/mol. The Morgan fingerprint density at radius 1 is 0.913 bits per heavy atom. The SMILES string of the molecule is CC(=O)C1=CC(C)C=C(OC2=CC=CC(C(C)=O)=CC2C)C=C1. The lowest BCUT2D eigenvalue weighted by atomic mass is 10.0. The van der Waals surface area contributed by atoms with Gasteiger partial charge in [0.15, 0.2) is 11.6 Å². The Bertz CT molecular complexity index is 696. The van der Waals surface area contributed by atoms with Crippen molar-refractivity contribution in [2.75, 3.05) is 0 Å². The third-order valence-electron chi connectivity index (χ3n) is 3.76. The fourth-order valence-electron chi connectivity index (χ4n) is 2.48. The highest BCUT2D eigenvalue weighted by Crippen LogP contribution is 2.25. The lowest BCUT2D eigenvalue weighted by Crippen LogP contribution is -2.03. The van der Waals surface area contributed by atoms with Crippen LogP contribution < -0.4 is 0 Å². The fourth-order valence-corrected chi connectivity index (χ4v) is 2.48. The molecule has 0 saturated heterocycles. The molecule has 3 heteroatoms. The molecule has 2 aliphatic rings. The average Bonchev–Trinajstić information content (AvgIpc) is 2.76. The summed E-state index contributed by atoms with van der Waals surface area (Å²) >= 11 is 0. The van der Waals surface area contributed by atoms with Gasteiger partial charge in [0.25, 0.3) is 0 Å². The van der Waals surface area contributed by atoms with Crippen LogP contribution in [0.1, 0.15) is 27.7 Å². The van der Waals surface area contributed by atoms with Gasteiger partial charge >= 0.3 is 0 Å². The molecule has 0 N–H and O–H groups in total. The van der Waals surface area contributed by atoms with Crippen molar-refractivity contribution < 1.29 is 14.3 Å². The number of hydrogen-bond donors (Lipinski definition) is 0. The number of allylic oxidation sites excluding steroid dienone is 10. The molecule has 0 aromatic rings. The molecular weight excluding hydrogens is 288 g/mol. The highest BCUT2D eigenvalue weighted by molar-refractivity contribution is 5.96. The van der Waals surface area contributed by atoms with Crippen molar-refractivity contribution in [2.24, 2.45) is 11.8 Å². The molecule has 2 atom stereocenters. The largest absolute Gasteiger partial charge is 0.461 e. The van der Waals surface area contributed by atoms with E-state index in [1.165, 1.54) is 0 Å². The number of Topliss-reactive ketones (excluding diaryl/α,β-unsaturated/α-hetero) is 2. The van der Waals surface area contributed by atoms with Crippen LogP contribution in [0.2, 0.25) is 0 Å². The molecule has 0 radical (unpaired) electrons. The third kappa shape index (κ3) is 4.52.